The molecule has 1 rings (SSSR count). The van der Waals surface area contributed by atoms with Crippen LogP contribution in [0, 0.1) is 0 Å². The predicted molar refractivity (Wildman–Crippen MR) is 43.7 cm³/mol. The monoisotopic (exact) mass is 424 g/mol. The second-order valence-corrected chi connectivity index (χ2v) is 4.79. The Hall–Kier alpha value is -0.0800. The molecule has 1 unspecified atom stereocenters. The van der Waals surface area contributed by atoms with Crippen molar-refractivity contribution < 1.29 is 53.0 Å². The first-order chi connectivity index (χ1) is 7.96. The second-order valence-electron chi connectivity index (χ2n) is 3.44. The number of ether oxygens (including phenoxy) is 1. The van der Waals surface area contributed by atoms with Crippen molar-refractivity contribution in [2.75, 3.05) is 0 Å². The molecule has 0 spiro atoms. The Bertz CT molecular complexity index is 387. The van der Waals surface area contributed by atoms with Gasteiger partial charge in [0.05, 0.1) is 0 Å². The first kappa shape index (κ1) is 17.0. The van der Waals surface area contributed by atoms with Gasteiger partial charge >= 0.3 is 33.7 Å². The molecule has 1 aliphatic rings. The fourth-order valence-corrected chi connectivity index (χ4v) is 1.31. The van der Waals surface area contributed by atoms with Gasteiger partial charge in [-0.15, -0.1) is 0 Å². The highest BCUT2D eigenvalue weighted by Gasteiger charge is 2.98. The third-order valence-electron chi connectivity index (χ3n) is 2.15. The second kappa shape index (κ2) is 3.76. The van der Waals surface area contributed by atoms with Crippen LogP contribution in [0.25, 0.3) is 0 Å². The van der Waals surface area contributed by atoms with Crippen LogP contribution in [-0.2, 0) is 4.74 Å². The van der Waals surface area contributed by atoms with Gasteiger partial charge in [-0.3, -0.25) is 4.74 Å². The van der Waals surface area contributed by atoms with Crippen LogP contribution in [0.5, 0.6) is 0 Å². The minimum absolute atomic E-state index is 0.605. The predicted octanol–water partition coefficient (Wildman–Crippen LogP) is 4.21. The first-order valence-corrected chi connectivity index (χ1v) is 5.00. The summed E-state index contributed by atoms with van der Waals surface area (Å²) in [6, 6.07) is 0. The fourth-order valence-electron chi connectivity index (χ4n) is 0.975. The maximum Gasteiger partial charge on any atom is 0.424 e. The standard InChI is InChI=1S/C6F11IO/c7-1(8,3(11,12)5(14,15)18)2(9,10)4(13)6(16,17)19-4. The van der Waals surface area contributed by atoms with Crippen molar-refractivity contribution in [3.8, 4) is 0 Å². The Kier molecular flexibility index (Phi) is 3.36. The smallest absolute Gasteiger partial charge is 0.265 e. The Balaban J connectivity index is 3.28. The topological polar surface area (TPSA) is 12.5 Å². The molecular weight excluding hydrogens is 424 g/mol. The van der Waals surface area contributed by atoms with Gasteiger partial charge in [0.15, 0.2) is 0 Å². The van der Waals surface area contributed by atoms with Gasteiger partial charge < -0.3 is 0 Å². The van der Waals surface area contributed by atoms with Crippen LogP contribution < -0.4 is 0 Å². The number of hydrogen-bond donors (Lipinski definition) is 0. The van der Waals surface area contributed by atoms with E-state index in [4.69, 9.17) is 0 Å². The molecule has 0 aromatic carbocycles. The van der Waals surface area contributed by atoms with E-state index >= 15 is 0 Å². The molecule has 13 heteroatoms. The van der Waals surface area contributed by atoms with Gasteiger partial charge in [0.2, 0.25) is 0 Å². The molecule has 1 nitrogen and oxygen atoms in total. The Morgan fingerprint density at radius 2 is 1.05 bits per heavy atom. The molecule has 0 aromatic heterocycles. The SMILES string of the molecule is FC(F)(I)C(F)(F)C(F)(F)C(F)(F)C1(F)OC1(F)F. The van der Waals surface area contributed by atoms with Crippen LogP contribution >= 0.6 is 22.6 Å². The van der Waals surface area contributed by atoms with E-state index in [9.17, 15) is 48.3 Å². The zero-order valence-corrected chi connectivity index (χ0v) is 10.1. The Morgan fingerprint density at radius 3 is 1.26 bits per heavy atom. The minimum Gasteiger partial charge on any atom is -0.265 e. The van der Waals surface area contributed by atoms with E-state index in [-0.39, 0.29) is 0 Å². The number of alkyl halides is 12. The molecule has 1 fully saturated rings. The summed E-state index contributed by atoms with van der Waals surface area (Å²) in [5.41, 5.74) is 0. The summed E-state index contributed by atoms with van der Waals surface area (Å²) in [7, 11) is 0. The van der Waals surface area contributed by atoms with Gasteiger partial charge in [-0.2, -0.15) is 48.3 Å². The number of rotatable bonds is 4. The molecular formula is C6F11IO. The normalized spacial score (nSPS) is 28.4. The van der Waals surface area contributed by atoms with Gasteiger partial charge in [-0.25, -0.2) is 0 Å². The van der Waals surface area contributed by atoms with Gasteiger partial charge in [-0.1, -0.05) is 0 Å². The molecule has 0 amide bonds. The van der Waals surface area contributed by atoms with Crippen LogP contribution in [-0.4, -0.2) is 33.7 Å². The van der Waals surface area contributed by atoms with Crippen LogP contribution in [0.15, 0.2) is 0 Å². The third-order valence-corrected chi connectivity index (χ3v) is 2.83. The van der Waals surface area contributed by atoms with E-state index in [1.165, 1.54) is 0 Å². The highest BCUT2D eigenvalue weighted by Crippen LogP contribution is 2.67. The third kappa shape index (κ3) is 1.90. The van der Waals surface area contributed by atoms with Crippen molar-refractivity contribution in [3.05, 3.63) is 0 Å². The Morgan fingerprint density at radius 1 is 0.737 bits per heavy atom. The largest absolute Gasteiger partial charge is 0.424 e. The van der Waals surface area contributed by atoms with Crippen molar-refractivity contribution in [2.24, 2.45) is 0 Å². The van der Waals surface area contributed by atoms with Crippen molar-refractivity contribution in [1.82, 2.24) is 0 Å². The zero-order chi connectivity index (χ0) is 15.7. The van der Waals surface area contributed by atoms with E-state index < -0.39 is 56.3 Å². The summed E-state index contributed by atoms with van der Waals surface area (Å²) in [5.74, 6) is -26.6. The van der Waals surface area contributed by atoms with Crippen LogP contribution in [0.2, 0.25) is 0 Å². The first-order valence-electron chi connectivity index (χ1n) is 3.93. The van der Waals surface area contributed by atoms with E-state index in [2.05, 4.69) is 4.74 Å². The van der Waals surface area contributed by atoms with Crippen LogP contribution in [0.3, 0.4) is 0 Å². The summed E-state index contributed by atoms with van der Waals surface area (Å²) in [6.45, 7) is 0. The van der Waals surface area contributed by atoms with E-state index in [1.807, 2.05) is 0 Å². The van der Waals surface area contributed by atoms with Crippen molar-refractivity contribution >= 4 is 22.6 Å². The molecule has 1 saturated heterocycles. The zero-order valence-electron chi connectivity index (χ0n) is 7.94. The molecule has 0 saturated carbocycles. The Labute approximate surface area is 110 Å². The number of epoxide rings is 1. The van der Waals surface area contributed by atoms with Crippen molar-refractivity contribution in [2.45, 2.75) is 33.7 Å². The molecule has 0 N–H and O–H groups in total. The summed E-state index contributed by atoms with van der Waals surface area (Å²) in [6.07, 6.45) is -5.49. The molecule has 0 radical (unpaired) electrons. The van der Waals surface area contributed by atoms with E-state index in [0.717, 1.165) is 0 Å². The molecule has 1 aliphatic heterocycles. The van der Waals surface area contributed by atoms with Gasteiger partial charge in [0, 0.05) is 22.6 Å². The number of halogens is 12. The molecule has 114 valence electrons. The molecule has 19 heavy (non-hydrogen) atoms. The van der Waals surface area contributed by atoms with E-state index in [1.54, 1.807) is 0 Å². The van der Waals surface area contributed by atoms with E-state index in [0.29, 0.717) is 0 Å². The number of hydrogen-bond acceptors (Lipinski definition) is 1. The lowest BCUT2D eigenvalue weighted by atomic mass is 10.00. The lowest BCUT2D eigenvalue weighted by Gasteiger charge is -2.34. The maximum atomic E-state index is 12.7. The molecule has 0 aromatic rings. The molecule has 1 atom stereocenters. The summed E-state index contributed by atoms with van der Waals surface area (Å²) < 4.78 is 134. The lowest BCUT2D eigenvalue weighted by molar-refractivity contribution is -0.368. The minimum atomic E-state index is -7.13. The highest BCUT2D eigenvalue weighted by molar-refractivity contribution is 14.1. The molecule has 0 bridgehead atoms. The highest BCUT2D eigenvalue weighted by atomic mass is 127. The summed E-state index contributed by atoms with van der Waals surface area (Å²) in [4.78, 5) is 0. The van der Waals surface area contributed by atoms with Crippen molar-refractivity contribution in [3.63, 3.8) is 0 Å². The lowest BCUT2D eigenvalue weighted by Crippen LogP contribution is -2.65. The van der Waals surface area contributed by atoms with Crippen LogP contribution in [0.4, 0.5) is 48.3 Å². The quantitative estimate of drug-likeness (QED) is 0.285. The summed E-state index contributed by atoms with van der Waals surface area (Å²) >= 11 is -0.605. The van der Waals surface area contributed by atoms with Crippen molar-refractivity contribution in [1.29, 1.82) is 0 Å². The average Bonchev–Trinajstić information content (AvgIpc) is 2.65. The van der Waals surface area contributed by atoms with Gasteiger partial charge in [-0.05, 0) is 0 Å². The van der Waals surface area contributed by atoms with Crippen LogP contribution in [0.1, 0.15) is 0 Å². The fraction of sp³-hybridized carbons (Fsp3) is 1.00. The van der Waals surface area contributed by atoms with Gasteiger partial charge in [0.25, 0.3) is 0 Å². The molecule has 1 heterocycles. The molecule has 0 aliphatic carbocycles. The van der Waals surface area contributed by atoms with Gasteiger partial charge in [0.1, 0.15) is 0 Å². The average molecular weight is 424 g/mol. The summed E-state index contributed by atoms with van der Waals surface area (Å²) in [5, 5.41) is 0. The maximum absolute atomic E-state index is 12.7.